The highest BCUT2D eigenvalue weighted by Gasteiger charge is 2.25. The molecule has 1 nitrogen and oxygen atoms in total. The minimum absolute atomic E-state index is 0.653. The van der Waals surface area contributed by atoms with Crippen LogP contribution in [0.15, 0.2) is 0 Å². The first kappa shape index (κ1) is 12.0. The van der Waals surface area contributed by atoms with E-state index in [1.54, 1.807) is 0 Å². The SMILES string of the molecule is CCCCCC1(C)CCCN(C)CC1. The minimum Gasteiger partial charge on any atom is -0.306 e. The van der Waals surface area contributed by atoms with Gasteiger partial charge in [0, 0.05) is 0 Å². The number of rotatable bonds is 4. The predicted molar refractivity (Wildman–Crippen MR) is 63.6 cm³/mol. The van der Waals surface area contributed by atoms with Crippen LogP contribution in [0.2, 0.25) is 0 Å². The number of likely N-dealkylation sites (tertiary alicyclic amines) is 1. The molecule has 84 valence electrons. The van der Waals surface area contributed by atoms with Crippen molar-refractivity contribution in [3.63, 3.8) is 0 Å². The molecule has 0 aliphatic carbocycles. The van der Waals surface area contributed by atoms with Crippen molar-refractivity contribution in [2.24, 2.45) is 5.41 Å². The number of unbranched alkanes of at least 4 members (excludes halogenated alkanes) is 2. The summed E-state index contributed by atoms with van der Waals surface area (Å²) in [4.78, 5) is 2.49. The molecule has 1 fully saturated rings. The molecule has 1 saturated heterocycles. The molecule has 0 aromatic rings. The summed E-state index contributed by atoms with van der Waals surface area (Å²) in [6.07, 6.45) is 9.93. The molecule has 1 atom stereocenters. The van der Waals surface area contributed by atoms with Crippen LogP contribution in [-0.4, -0.2) is 25.0 Å². The molecule has 0 amide bonds. The summed E-state index contributed by atoms with van der Waals surface area (Å²) in [5, 5.41) is 0. The Bertz CT molecular complexity index is 155. The van der Waals surface area contributed by atoms with Gasteiger partial charge in [0.05, 0.1) is 0 Å². The molecule has 1 heteroatoms. The van der Waals surface area contributed by atoms with Gasteiger partial charge in [-0.15, -0.1) is 0 Å². The van der Waals surface area contributed by atoms with Gasteiger partial charge in [-0.25, -0.2) is 0 Å². The van der Waals surface area contributed by atoms with E-state index >= 15 is 0 Å². The van der Waals surface area contributed by atoms with E-state index < -0.39 is 0 Å². The summed E-state index contributed by atoms with van der Waals surface area (Å²) < 4.78 is 0. The van der Waals surface area contributed by atoms with Crippen LogP contribution in [0.25, 0.3) is 0 Å². The van der Waals surface area contributed by atoms with Crippen LogP contribution >= 0.6 is 0 Å². The van der Waals surface area contributed by atoms with Gasteiger partial charge in [0.25, 0.3) is 0 Å². The molecule has 1 rings (SSSR count). The van der Waals surface area contributed by atoms with E-state index in [1.165, 1.54) is 58.0 Å². The van der Waals surface area contributed by atoms with Crippen LogP contribution in [0.4, 0.5) is 0 Å². The molecule has 0 radical (unpaired) electrons. The predicted octanol–water partition coefficient (Wildman–Crippen LogP) is 3.69. The van der Waals surface area contributed by atoms with Gasteiger partial charge in [-0.1, -0.05) is 33.1 Å². The Morgan fingerprint density at radius 1 is 1.14 bits per heavy atom. The average molecular weight is 197 g/mol. The molecule has 0 aromatic heterocycles. The highest BCUT2D eigenvalue weighted by molar-refractivity contribution is 4.79. The van der Waals surface area contributed by atoms with Gasteiger partial charge in [-0.05, 0) is 51.2 Å². The molecule has 0 saturated carbocycles. The van der Waals surface area contributed by atoms with Crippen molar-refractivity contribution < 1.29 is 0 Å². The number of nitrogens with zero attached hydrogens (tertiary/aromatic N) is 1. The van der Waals surface area contributed by atoms with Gasteiger partial charge < -0.3 is 4.90 Å². The Hall–Kier alpha value is -0.0400. The van der Waals surface area contributed by atoms with E-state index in [1.807, 2.05) is 0 Å². The Labute approximate surface area is 89.9 Å². The van der Waals surface area contributed by atoms with E-state index in [0.29, 0.717) is 5.41 Å². The monoisotopic (exact) mass is 197 g/mol. The molecule has 0 N–H and O–H groups in total. The second kappa shape index (κ2) is 5.75. The standard InChI is InChI=1S/C13H27N/c1-4-5-6-8-13(2)9-7-11-14(3)12-10-13/h4-12H2,1-3H3. The van der Waals surface area contributed by atoms with Crippen molar-refractivity contribution in [3.8, 4) is 0 Å². The van der Waals surface area contributed by atoms with Crippen LogP contribution in [-0.2, 0) is 0 Å². The zero-order valence-electron chi connectivity index (χ0n) is 10.3. The lowest BCUT2D eigenvalue weighted by Gasteiger charge is -2.28. The summed E-state index contributed by atoms with van der Waals surface area (Å²) >= 11 is 0. The molecule has 14 heavy (non-hydrogen) atoms. The normalized spacial score (nSPS) is 30.2. The second-order valence-corrected chi connectivity index (χ2v) is 5.42. The lowest BCUT2D eigenvalue weighted by atomic mass is 9.78. The van der Waals surface area contributed by atoms with E-state index in [2.05, 4.69) is 25.8 Å². The maximum atomic E-state index is 2.50. The van der Waals surface area contributed by atoms with E-state index in [9.17, 15) is 0 Å². The quantitative estimate of drug-likeness (QED) is 0.621. The van der Waals surface area contributed by atoms with E-state index in [4.69, 9.17) is 0 Å². The fraction of sp³-hybridized carbons (Fsp3) is 1.00. The molecule has 0 spiro atoms. The molecular formula is C13H27N. The van der Waals surface area contributed by atoms with Crippen molar-refractivity contribution in [2.45, 2.75) is 58.8 Å². The van der Waals surface area contributed by atoms with E-state index in [-0.39, 0.29) is 0 Å². The van der Waals surface area contributed by atoms with Crippen LogP contribution in [0.3, 0.4) is 0 Å². The largest absolute Gasteiger partial charge is 0.306 e. The van der Waals surface area contributed by atoms with Gasteiger partial charge in [0.1, 0.15) is 0 Å². The second-order valence-electron chi connectivity index (χ2n) is 5.42. The van der Waals surface area contributed by atoms with Crippen molar-refractivity contribution in [1.82, 2.24) is 4.90 Å². The average Bonchev–Trinajstić information content (AvgIpc) is 2.30. The molecule has 1 unspecified atom stereocenters. The molecule has 0 aromatic carbocycles. The van der Waals surface area contributed by atoms with Crippen molar-refractivity contribution in [1.29, 1.82) is 0 Å². The van der Waals surface area contributed by atoms with Crippen molar-refractivity contribution >= 4 is 0 Å². The van der Waals surface area contributed by atoms with Gasteiger partial charge >= 0.3 is 0 Å². The first-order valence-electron chi connectivity index (χ1n) is 6.35. The summed E-state index contributed by atoms with van der Waals surface area (Å²) in [6.45, 7) is 7.41. The summed E-state index contributed by atoms with van der Waals surface area (Å²) in [7, 11) is 2.26. The topological polar surface area (TPSA) is 3.24 Å². The minimum atomic E-state index is 0.653. The third kappa shape index (κ3) is 4.00. The summed E-state index contributed by atoms with van der Waals surface area (Å²) in [5.74, 6) is 0. The van der Waals surface area contributed by atoms with Crippen LogP contribution in [0, 0.1) is 5.41 Å². The van der Waals surface area contributed by atoms with Crippen LogP contribution in [0.5, 0.6) is 0 Å². The maximum absolute atomic E-state index is 2.50. The highest BCUT2D eigenvalue weighted by Crippen LogP contribution is 2.35. The Balaban J connectivity index is 2.31. The number of hydrogen-bond donors (Lipinski definition) is 0. The Kier molecular flexibility index (Phi) is 4.94. The summed E-state index contributed by atoms with van der Waals surface area (Å²) in [5.41, 5.74) is 0.653. The summed E-state index contributed by atoms with van der Waals surface area (Å²) in [6, 6.07) is 0. The third-order valence-corrected chi connectivity index (χ3v) is 3.80. The van der Waals surface area contributed by atoms with E-state index in [0.717, 1.165) is 0 Å². The third-order valence-electron chi connectivity index (χ3n) is 3.80. The van der Waals surface area contributed by atoms with Gasteiger partial charge in [0.2, 0.25) is 0 Å². The zero-order valence-corrected chi connectivity index (χ0v) is 10.3. The molecule has 1 heterocycles. The molecule has 0 bridgehead atoms. The highest BCUT2D eigenvalue weighted by atomic mass is 15.1. The number of hydrogen-bond acceptors (Lipinski definition) is 1. The maximum Gasteiger partial charge on any atom is -0.00166 e. The van der Waals surface area contributed by atoms with Crippen molar-refractivity contribution in [2.75, 3.05) is 20.1 Å². The van der Waals surface area contributed by atoms with Gasteiger partial charge in [-0.3, -0.25) is 0 Å². The zero-order chi connectivity index (χ0) is 10.4. The van der Waals surface area contributed by atoms with Crippen molar-refractivity contribution in [3.05, 3.63) is 0 Å². The first-order chi connectivity index (χ1) is 6.66. The van der Waals surface area contributed by atoms with Crippen LogP contribution < -0.4 is 0 Å². The lowest BCUT2D eigenvalue weighted by Crippen LogP contribution is -2.21. The molecular weight excluding hydrogens is 170 g/mol. The fourth-order valence-corrected chi connectivity index (χ4v) is 2.53. The smallest absolute Gasteiger partial charge is 0.00166 e. The fourth-order valence-electron chi connectivity index (χ4n) is 2.53. The molecule has 1 aliphatic heterocycles. The Morgan fingerprint density at radius 2 is 1.93 bits per heavy atom. The first-order valence-corrected chi connectivity index (χ1v) is 6.35. The van der Waals surface area contributed by atoms with Gasteiger partial charge in [0.15, 0.2) is 0 Å². The Morgan fingerprint density at radius 3 is 2.64 bits per heavy atom. The molecule has 1 aliphatic rings. The van der Waals surface area contributed by atoms with Crippen LogP contribution in [0.1, 0.15) is 58.8 Å². The van der Waals surface area contributed by atoms with Gasteiger partial charge in [-0.2, -0.15) is 0 Å². The lowest BCUT2D eigenvalue weighted by molar-refractivity contribution is 0.240.